The minimum atomic E-state index is -0.501. The van der Waals surface area contributed by atoms with Crippen LogP contribution in [0.1, 0.15) is 110 Å². The van der Waals surface area contributed by atoms with E-state index in [4.69, 9.17) is 0 Å². The fourth-order valence-electron chi connectivity index (χ4n) is 13.9. The van der Waals surface area contributed by atoms with Crippen LogP contribution in [0.3, 0.4) is 0 Å². The average Bonchev–Trinajstić information content (AvgIpc) is 2.60. The zero-order valence-electron chi connectivity index (χ0n) is 45.7. The summed E-state index contributed by atoms with van der Waals surface area (Å²) in [4.78, 5) is 0. The lowest BCUT2D eigenvalue weighted by molar-refractivity contribution is 0.665. The predicted molar refractivity (Wildman–Crippen MR) is 338 cm³/mol. The van der Waals surface area contributed by atoms with Crippen molar-refractivity contribution >= 4 is 55.8 Å². The van der Waals surface area contributed by atoms with Crippen LogP contribution in [0, 0.1) is 0 Å². The second-order valence-electron chi connectivity index (χ2n) is 22.4. The monoisotopic (exact) mass is 1020 g/mol. The lowest BCUT2D eigenvalue weighted by Crippen LogP contribution is -2.26. The largest absolute Gasteiger partial charge is 0.309 e. The summed E-state index contributed by atoms with van der Waals surface area (Å²) in [5, 5.41) is 5.00. The molecule has 0 unspecified atom stereocenters. The van der Waals surface area contributed by atoms with Crippen molar-refractivity contribution in [3.63, 3.8) is 0 Å². The molecule has 2 aliphatic rings. The van der Waals surface area contributed by atoms with Crippen molar-refractivity contribution in [3.8, 4) is 55.9 Å². The highest BCUT2D eigenvalue weighted by atomic mass is 15.0. The first-order chi connectivity index (χ1) is 39.0. The highest BCUT2D eigenvalue weighted by Crippen LogP contribution is 2.64. The van der Waals surface area contributed by atoms with Crippen molar-refractivity contribution in [2.75, 3.05) is 0 Å². The van der Waals surface area contributed by atoms with Crippen LogP contribution in [-0.2, 0) is 18.3 Å². The first kappa shape index (κ1) is 48.6. The number of aromatic nitrogens is 2. The zero-order valence-corrected chi connectivity index (χ0v) is 45.7. The van der Waals surface area contributed by atoms with E-state index in [-0.39, 0.29) is 0 Å². The molecule has 1 spiro atoms. The maximum Gasteiger partial charge on any atom is 0.0725 e. The number of benzene rings is 10. The highest BCUT2D eigenvalue weighted by Gasteiger charge is 2.52. The molecule has 2 aromatic heterocycles. The minimum absolute atomic E-state index is 0.501. The molecule has 0 atom stereocenters. The lowest BCUT2D eigenvalue weighted by atomic mass is 9.70. The van der Waals surface area contributed by atoms with Crippen molar-refractivity contribution in [3.05, 3.63) is 264 Å². The molecule has 2 nitrogen and oxygen atoms in total. The summed E-state index contributed by atoms with van der Waals surface area (Å²) in [5.74, 6) is 0. The molecule has 0 fully saturated rings. The van der Waals surface area contributed by atoms with E-state index in [0.29, 0.717) is 0 Å². The second-order valence-corrected chi connectivity index (χ2v) is 22.4. The molecule has 384 valence electrons. The van der Waals surface area contributed by atoms with Gasteiger partial charge in [0.1, 0.15) is 0 Å². The Kier molecular flexibility index (Phi) is 12.3. The average molecular weight is 1020 g/mol. The van der Waals surface area contributed by atoms with E-state index in [2.05, 4.69) is 242 Å². The van der Waals surface area contributed by atoms with Gasteiger partial charge in [0.25, 0.3) is 0 Å². The SMILES string of the molecule is C=Cc1ccc(-c2ccc3c(c2)c2ccccc2n3-c2ccc3c(c2)-c2cc(-n4c5ccccc5c5cc(-c6ccc(C=C)cc6)ccc54)ccc2C32c3cc(CCCCCC)ccc3-c3ccc(CCCCCC)cc32)cc1. The summed E-state index contributed by atoms with van der Waals surface area (Å²) >= 11 is 0. The molecule has 0 radical (unpaired) electrons. The highest BCUT2D eigenvalue weighted by molar-refractivity contribution is 6.12. The van der Waals surface area contributed by atoms with Gasteiger partial charge in [-0.1, -0.05) is 223 Å². The summed E-state index contributed by atoms with van der Waals surface area (Å²) < 4.78 is 5.03. The number of aryl methyl sites for hydroxylation is 2. The van der Waals surface area contributed by atoms with E-state index in [1.54, 1.807) is 0 Å². The standard InChI is InChI=1S/C77H66N2/c1-5-9-11-13-19-53-29-39-61-62-40-30-54(20-14-12-10-6-2)46-72(62)77(71(61)45-53)69-41-37-59(78-73-23-17-15-21-63(73)67-47-57(35-43-75(67)78)55-31-25-51(7-3)26-32-55)49-65(69)66-50-60(38-42-70(66)77)79-74-24-18-16-22-64(74)68-48-58(36-44-76(68)79)56-33-27-52(8-4)28-34-56/h7-8,15-18,21-50H,3-6,9-14,19-20H2,1-2H3. The van der Waals surface area contributed by atoms with Gasteiger partial charge in [-0.25, -0.2) is 0 Å². The fraction of sp³-hybridized carbons (Fsp3) is 0.169. The molecule has 2 aliphatic carbocycles. The normalized spacial score (nSPS) is 12.9. The Hall–Kier alpha value is -8.72. The van der Waals surface area contributed by atoms with Crippen molar-refractivity contribution in [1.82, 2.24) is 9.13 Å². The fourth-order valence-corrected chi connectivity index (χ4v) is 13.9. The van der Waals surface area contributed by atoms with E-state index in [0.717, 1.165) is 24.0 Å². The number of unbranched alkanes of at least 4 members (excludes halogenated alkanes) is 6. The molecule has 79 heavy (non-hydrogen) atoms. The number of nitrogens with zero attached hydrogens (tertiary/aromatic N) is 2. The van der Waals surface area contributed by atoms with Crippen LogP contribution >= 0.6 is 0 Å². The summed E-state index contributed by atoms with van der Waals surface area (Å²) in [6.45, 7) is 12.6. The molecular weight excluding hydrogens is 953 g/mol. The quantitative estimate of drug-likeness (QED) is 0.0854. The van der Waals surface area contributed by atoms with Gasteiger partial charge in [-0.3, -0.25) is 0 Å². The van der Waals surface area contributed by atoms with Crippen LogP contribution in [0.5, 0.6) is 0 Å². The molecule has 14 rings (SSSR count). The maximum absolute atomic E-state index is 4.00. The van der Waals surface area contributed by atoms with Gasteiger partial charge in [0.05, 0.1) is 27.5 Å². The van der Waals surface area contributed by atoms with Crippen molar-refractivity contribution in [1.29, 1.82) is 0 Å². The third-order valence-corrected chi connectivity index (χ3v) is 17.8. The third-order valence-electron chi connectivity index (χ3n) is 17.8. The van der Waals surface area contributed by atoms with E-state index in [1.165, 1.54) is 184 Å². The second kappa shape index (κ2) is 19.9. The summed E-state index contributed by atoms with van der Waals surface area (Å²) in [5.41, 5.74) is 27.5. The van der Waals surface area contributed by atoms with Crippen LogP contribution in [0.2, 0.25) is 0 Å². The van der Waals surface area contributed by atoms with Gasteiger partial charge < -0.3 is 9.13 Å². The predicted octanol–water partition coefficient (Wildman–Crippen LogP) is 21.1. The van der Waals surface area contributed by atoms with E-state index in [1.807, 2.05) is 12.2 Å². The number of rotatable bonds is 16. The van der Waals surface area contributed by atoms with Crippen LogP contribution in [0.4, 0.5) is 0 Å². The molecule has 0 saturated heterocycles. The van der Waals surface area contributed by atoms with Crippen molar-refractivity contribution in [2.45, 2.75) is 83.5 Å². The Balaban J connectivity index is 1.01. The van der Waals surface area contributed by atoms with E-state index in [9.17, 15) is 0 Å². The number of hydrogen-bond donors (Lipinski definition) is 0. The van der Waals surface area contributed by atoms with Crippen LogP contribution in [-0.4, -0.2) is 9.13 Å². The van der Waals surface area contributed by atoms with Crippen molar-refractivity contribution in [2.24, 2.45) is 0 Å². The molecular formula is C77H66N2. The van der Waals surface area contributed by atoms with E-state index < -0.39 is 5.41 Å². The Labute approximate surface area is 465 Å². The maximum atomic E-state index is 4.00. The number of para-hydroxylation sites is 2. The van der Waals surface area contributed by atoms with Crippen LogP contribution in [0.15, 0.2) is 219 Å². The molecule has 10 aromatic carbocycles. The Morgan fingerprint density at radius 2 is 0.759 bits per heavy atom. The van der Waals surface area contributed by atoms with Gasteiger partial charge in [-0.2, -0.15) is 0 Å². The molecule has 0 N–H and O–H groups in total. The first-order valence-electron chi connectivity index (χ1n) is 29.1. The Morgan fingerprint density at radius 3 is 1.19 bits per heavy atom. The smallest absolute Gasteiger partial charge is 0.0725 e. The lowest BCUT2D eigenvalue weighted by Gasteiger charge is -2.31. The number of hydrogen-bond acceptors (Lipinski definition) is 0. The molecule has 0 saturated carbocycles. The summed E-state index contributed by atoms with van der Waals surface area (Å²) in [6, 6.07) is 79.5. The molecule has 0 amide bonds. The Bertz CT molecular complexity index is 4080. The first-order valence-corrected chi connectivity index (χ1v) is 29.1. The van der Waals surface area contributed by atoms with Crippen LogP contribution in [0.25, 0.3) is 112 Å². The molecule has 0 bridgehead atoms. The van der Waals surface area contributed by atoms with Gasteiger partial charge in [-0.15, -0.1) is 0 Å². The van der Waals surface area contributed by atoms with Gasteiger partial charge in [0, 0.05) is 32.9 Å². The molecule has 2 heteroatoms. The van der Waals surface area contributed by atoms with Gasteiger partial charge >= 0.3 is 0 Å². The summed E-state index contributed by atoms with van der Waals surface area (Å²) in [7, 11) is 0. The zero-order chi connectivity index (χ0) is 53.2. The Morgan fingerprint density at radius 1 is 0.342 bits per heavy atom. The van der Waals surface area contributed by atoms with E-state index >= 15 is 0 Å². The topological polar surface area (TPSA) is 9.86 Å². The van der Waals surface area contributed by atoms with Crippen molar-refractivity contribution < 1.29 is 0 Å². The van der Waals surface area contributed by atoms with Crippen LogP contribution < -0.4 is 0 Å². The van der Waals surface area contributed by atoms with Gasteiger partial charge in [0.15, 0.2) is 0 Å². The third kappa shape index (κ3) is 7.90. The van der Waals surface area contributed by atoms with Gasteiger partial charge in [0.2, 0.25) is 0 Å². The summed E-state index contributed by atoms with van der Waals surface area (Å²) in [6.07, 6.45) is 16.0. The molecule has 2 heterocycles. The van der Waals surface area contributed by atoms with Gasteiger partial charge in [-0.05, 0) is 175 Å². The molecule has 12 aromatic rings. The molecule has 0 aliphatic heterocycles. The minimum Gasteiger partial charge on any atom is -0.309 e. The number of fused-ring (bicyclic) bond motifs is 16.